The SMILES string of the molecule is C=Cc1ccc(C(C2=N[C@@H]3c4ccccc4C[C@@H]3O2)(C2=N[C@@H]3c4ccccc4C[C@@H]3O2)c2ccc(C=C)cc2)cc1. The molecule has 2 heterocycles. The molecule has 4 aromatic rings. The van der Waals surface area contributed by atoms with Gasteiger partial charge in [0.2, 0.25) is 11.8 Å². The largest absolute Gasteiger partial charge is 0.473 e. The Morgan fingerprint density at radius 2 is 1.00 bits per heavy atom. The molecule has 0 saturated heterocycles. The molecule has 41 heavy (non-hydrogen) atoms. The van der Waals surface area contributed by atoms with Gasteiger partial charge in [-0.15, -0.1) is 0 Å². The highest BCUT2D eigenvalue weighted by atomic mass is 16.5. The van der Waals surface area contributed by atoms with Gasteiger partial charge in [-0.2, -0.15) is 0 Å². The van der Waals surface area contributed by atoms with Crippen molar-refractivity contribution in [3.63, 3.8) is 0 Å². The molecule has 8 rings (SSSR count). The highest BCUT2D eigenvalue weighted by Gasteiger charge is 2.56. The van der Waals surface area contributed by atoms with Crippen molar-refractivity contribution in [1.82, 2.24) is 0 Å². The van der Waals surface area contributed by atoms with Gasteiger partial charge in [0.1, 0.15) is 24.3 Å². The average molecular weight is 535 g/mol. The van der Waals surface area contributed by atoms with E-state index in [1.165, 1.54) is 22.3 Å². The van der Waals surface area contributed by atoms with Gasteiger partial charge in [-0.05, 0) is 44.5 Å². The van der Waals surface area contributed by atoms with Crippen molar-refractivity contribution >= 4 is 23.9 Å². The topological polar surface area (TPSA) is 43.2 Å². The van der Waals surface area contributed by atoms with E-state index in [1.54, 1.807) is 0 Å². The second kappa shape index (κ2) is 9.17. The van der Waals surface area contributed by atoms with E-state index >= 15 is 0 Å². The molecule has 4 atom stereocenters. The van der Waals surface area contributed by atoms with E-state index in [9.17, 15) is 0 Å². The lowest BCUT2D eigenvalue weighted by Crippen LogP contribution is -2.46. The van der Waals surface area contributed by atoms with E-state index in [1.807, 2.05) is 12.2 Å². The first kappa shape index (κ1) is 24.1. The summed E-state index contributed by atoms with van der Waals surface area (Å²) in [7, 11) is 0. The van der Waals surface area contributed by atoms with E-state index in [2.05, 4.69) is 110 Å². The Kier molecular flexibility index (Phi) is 5.40. The number of hydrogen-bond acceptors (Lipinski definition) is 4. The molecule has 4 aliphatic rings. The summed E-state index contributed by atoms with van der Waals surface area (Å²) in [4.78, 5) is 10.8. The zero-order chi connectivity index (χ0) is 27.6. The van der Waals surface area contributed by atoms with Crippen molar-refractivity contribution in [2.45, 2.75) is 42.5 Å². The third-order valence-electron chi connectivity index (χ3n) is 9.13. The fourth-order valence-electron chi connectivity index (χ4n) is 7.05. The summed E-state index contributed by atoms with van der Waals surface area (Å²) in [6.07, 6.45) is 5.29. The summed E-state index contributed by atoms with van der Waals surface area (Å²) in [5.41, 5.74) is 8.26. The molecule has 2 aliphatic heterocycles. The van der Waals surface area contributed by atoms with Gasteiger partial charge < -0.3 is 9.47 Å². The molecule has 0 unspecified atom stereocenters. The number of fused-ring (bicyclic) bond motifs is 6. The zero-order valence-corrected chi connectivity index (χ0v) is 22.7. The minimum atomic E-state index is -0.946. The van der Waals surface area contributed by atoms with E-state index in [0.717, 1.165) is 35.1 Å². The molecular formula is C37H30N2O2. The maximum atomic E-state index is 6.91. The van der Waals surface area contributed by atoms with Crippen LogP contribution >= 0.6 is 0 Å². The first-order valence-electron chi connectivity index (χ1n) is 14.3. The predicted molar refractivity (Wildman–Crippen MR) is 164 cm³/mol. The van der Waals surface area contributed by atoms with Crippen molar-refractivity contribution in [1.29, 1.82) is 0 Å². The van der Waals surface area contributed by atoms with Gasteiger partial charge in [0, 0.05) is 12.8 Å². The number of ether oxygens (including phenoxy) is 2. The first-order valence-corrected chi connectivity index (χ1v) is 14.3. The minimum Gasteiger partial charge on any atom is -0.473 e. The van der Waals surface area contributed by atoms with Crippen LogP contribution in [0.5, 0.6) is 0 Å². The molecule has 200 valence electrons. The fourth-order valence-corrected chi connectivity index (χ4v) is 7.05. The molecule has 0 aromatic heterocycles. The van der Waals surface area contributed by atoms with E-state index < -0.39 is 5.41 Å². The number of nitrogens with zero attached hydrogens (tertiary/aromatic N) is 2. The molecule has 0 saturated carbocycles. The molecule has 0 spiro atoms. The molecule has 2 aliphatic carbocycles. The number of aliphatic imine (C=N–C) groups is 2. The Labute approximate surface area is 240 Å². The molecule has 4 nitrogen and oxygen atoms in total. The predicted octanol–water partition coefficient (Wildman–Crippen LogP) is 7.45. The standard InChI is InChI=1S/C37H30N2O2/c1-3-23-13-17-27(18-14-23)37(28-19-15-24(4-2)16-20-28,35-38-33-29-11-7-5-9-25(29)21-31(33)40-35)36-39-34-30-12-8-6-10-26(30)22-32(34)41-36/h3-20,31-34H,1-2,21-22H2/t31-,32-,33+,34+/m0/s1. The summed E-state index contributed by atoms with van der Waals surface area (Å²) < 4.78 is 13.8. The summed E-state index contributed by atoms with van der Waals surface area (Å²) in [5, 5.41) is 0. The molecule has 0 N–H and O–H groups in total. The van der Waals surface area contributed by atoms with Gasteiger partial charge in [0.25, 0.3) is 0 Å². The third-order valence-corrected chi connectivity index (χ3v) is 9.13. The van der Waals surface area contributed by atoms with Crippen molar-refractivity contribution in [2.75, 3.05) is 0 Å². The van der Waals surface area contributed by atoms with Crippen molar-refractivity contribution in [3.05, 3.63) is 155 Å². The van der Waals surface area contributed by atoms with Crippen LogP contribution in [0.2, 0.25) is 0 Å². The average Bonchev–Trinajstić information content (AvgIpc) is 3.78. The Balaban J connectivity index is 1.37. The Morgan fingerprint density at radius 3 is 1.41 bits per heavy atom. The van der Waals surface area contributed by atoms with Crippen LogP contribution in [0, 0.1) is 0 Å². The maximum Gasteiger partial charge on any atom is 0.209 e. The second-order valence-corrected chi connectivity index (χ2v) is 11.3. The van der Waals surface area contributed by atoms with E-state index in [0.29, 0.717) is 11.8 Å². The smallest absolute Gasteiger partial charge is 0.209 e. The van der Waals surface area contributed by atoms with Gasteiger partial charge in [-0.3, -0.25) is 0 Å². The van der Waals surface area contributed by atoms with Crippen LogP contribution in [-0.2, 0) is 27.7 Å². The zero-order valence-electron chi connectivity index (χ0n) is 22.7. The lowest BCUT2D eigenvalue weighted by atomic mass is 9.73. The molecule has 0 radical (unpaired) electrons. The van der Waals surface area contributed by atoms with E-state index in [-0.39, 0.29) is 24.3 Å². The highest BCUT2D eigenvalue weighted by molar-refractivity contribution is 6.15. The van der Waals surface area contributed by atoms with Crippen LogP contribution in [-0.4, -0.2) is 24.0 Å². The Hall–Kier alpha value is -4.70. The van der Waals surface area contributed by atoms with Gasteiger partial charge in [-0.25, -0.2) is 9.98 Å². The molecule has 4 aromatic carbocycles. The van der Waals surface area contributed by atoms with E-state index in [4.69, 9.17) is 19.5 Å². The van der Waals surface area contributed by atoms with Crippen LogP contribution in [0.25, 0.3) is 12.2 Å². The number of benzene rings is 4. The highest BCUT2D eigenvalue weighted by Crippen LogP contribution is 2.50. The van der Waals surface area contributed by atoms with Crippen LogP contribution < -0.4 is 0 Å². The number of hydrogen-bond donors (Lipinski definition) is 0. The lowest BCUT2D eigenvalue weighted by molar-refractivity contribution is 0.181. The van der Waals surface area contributed by atoms with Crippen molar-refractivity contribution in [2.24, 2.45) is 9.98 Å². The molecule has 0 bridgehead atoms. The summed E-state index contributed by atoms with van der Waals surface area (Å²) in [6.45, 7) is 7.94. The third kappa shape index (κ3) is 3.53. The molecule has 4 heteroatoms. The van der Waals surface area contributed by atoms with Gasteiger partial charge in [0.15, 0.2) is 5.41 Å². The summed E-state index contributed by atoms with van der Waals surface area (Å²) in [6, 6.07) is 33.9. The summed E-state index contributed by atoms with van der Waals surface area (Å²) >= 11 is 0. The molecule has 0 fully saturated rings. The van der Waals surface area contributed by atoms with Crippen LogP contribution in [0.4, 0.5) is 0 Å². The second-order valence-electron chi connectivity index (χ2n) is 11.3. The quantitative estimate of drug-likeness (QED) is 0.258. The normalized spacial score (nSPS) is 23.3. The van der Waals surface area contributed by atoms with Gasteiger partial charge in [0.05, 0.1) is 0 Å². The lowest BCUT2D eigenvalue weighted by Gasteiger charge is -2.34. The molecular weight excluding hydrogens is 504 g/mol. The Morgan fingerprint density at radius 1 is 0.585 bits per heavy atom. The maximum absolute atomic E-state index is 6.91. The number of rotatable bonds is 6. The minimum absolute atomic E-state index is 0.0519. The van der Waals surface area contributed by atoms with Gasteiger partial charge >= 0.3 is 0 Å². The Bertz CT molecular complexity index is 1620. The molecule has 0 amide bonds. The summed E-state index contributed by atoms with van der Waals surface area (Å²) in [5.74, 6) is 1.29. The van der Waals surface area contributed by atoms with Crippen LogP contribution in [0.1, 0.15) is 56.6 Å². The van der Waals surface area contributed by atoms with Crippen molar-refractivity contribution in [3.8, 4) is 0 Å². The van der Waals surface area contributed by atoms with Crippen LogP contribution in [0.3, 0.4) is 0 Å². The van der Waals surface area contributed by atoms with Crippen molar-refractivity contribution < 1.29 is 9.47 Å². The fraction of sp³-hybridized carbons (Fsp3) is 0.189. The van der Waals surface area contributed by atoms with Crippen LogP contribution in [0.15, 0.2) is 120 Å². The monoisotopic (exact) mass is 534 g/mol. The van der Waals surface area contributed by atoms with Gasteiger partial charge in [-0.1, -0.05) is 122 Å². The first-order chi connectivity index (χ1) is 20.2.